The summed E-state index contributed by atoms with van der Waals surface area (Å²) in [7, 11) is 0. The summed E-state index contributed by atoms with van der Waals surface area (Å²) in [5, 5.41) is 0.611. The molecule has 0 bridgehead atoms. The van der Waals surface area contributed by atoms with Crippen LogP contribution in [0.1, 0.15) is 72.2 Å². The van der Waals surface area contributed by atoms with Crippen LogP contribution in [0.4, 0.5) is 5.69 Å². The summed E-state index contributed by atoms with van der Waals surface area (Å²) in [6.45, 7) is 6.00. The Labute approximate surface area is 271 Å². The Kier molecular flexibility index (Phi) is 8.69. The van der Waals surface area contributed by atoms with Gasteiger partial charge in [0.15, 0.2) is 6.10 Å². The summed E-state index contributed by atoms with van der Waals surface area (Å²) in [4.78, 5) is 59.9. The lowest BCUT2D eigenvalue weighted by Crippen LogP contribution is -2.30. The van der Waals surface area contributed by atoms with Gasteiger partial charge in [-0.3, -0.25) is 19.3 Å². The van der Waals surface area contributed by atoms with E-state index < -0.39 is 12.1 Å². The molecular weight excluding hydrogens is 632 g/mol. The molecule has 0 radical (unpaired) electrons. The third-order valence-corrected chi connectivity index (χ3v) is 9.51. The molecular formula is C37H35BrN2O5. The summed E-state index contributed by atoms with van der Waals surface area (Å²) in [5.74, 6) is -1.13. The molecule has 0 spiro atoms. The predicted octanol–water partition coefficient (Wildman–Crippen LogP) is 8.11. The molecule has 1 aromatic heterocycles. The van der Waals surface area contributed by atoms with Crippen LogP contribution in [-0.2, 0) is 14.3 Å². The largest absolute Gasteiger partial charge is 0.450 e. The van der Waals surface area contributed by atoms with Crippen molar-refractivity contribution in [3.63, 3.8) is 0 Å². The molecule has 2 fully saturated rings. The quantitative estimate of drug-likeness (QED) is 0.107. The van der Waals surface area contributed by atoms with Crippen LogP contribution in [-0.4, -0.2) is 34.7 Å². The molecule has 2 heterocycles. The summed E-state index contributed by atoms with van der Waals surface area (Å²) in [6, 6.07) is 21.5. The van der Waals surface area contributed by atoms with E-state index in [2.05, 4.69) is 22.9 Å². The standard InChI is InChI=1S/C37H35BrN2O5/c1-4-8-32(34(41)24-9-6-5-7-10-24)45-37(44)30-20-31(39-33-22(3)18-25(38)19-28(30)33)23-12-14-26(15-13-23)40-35(42)27-16-11-21(2)17-29(27)36(40)43/h5-7,9-10,12-15,18-21,27,29,32H,4,8,11,16-17H2,1-3H3. The number of aromatic nitrogens is 1. The highest BCUT2D eigenvalue weighted by Crippen LogP contribution is 2.42. The van der Waals surface area contributed by atoms with Crippen molar-refractivity contribution in [3.05, 3.63) is 94.0 Å². The van der Waals surface area contributed by atoms with E-state index in [1.165, 1.54) is 4.90 Å². The van der Waals surface area contributed by atoms with Crippen molar-refractivity contribution in [2.24, 2.45) is 17.8 Å². The number of carbonyl (C=O) groups is 4. The molecule has 0 N–H and O–H groups in total. The van der Waals surface area contributed by atoms with Gasteiger partial charge < -0.3 is 4.74 Å². The zero-order chi connectivity index (χ0) is 31.8. The summed E-state index contributed by atoms with van der Waals surface area (Å²) in [5.41, 5.74) is 4.08. The fraction of sp³-hybridized carbons (Fsp3) is 0.324. The highest BCUT2D eigenvalue weighted by atomic mass is 79.9. The lowest BCUT2D eigenvalue weighted by Gasteiger charge is -2.25. The van der Waals surface area contributed by atoms with Gasteiger partial charge in [-0.05, 0) is 74.4 Å². The smallest absolute Gasteiger partial charge is 0.339 e. The van der Waals surface area contributed by atoms with Crippen molar-refractivity contribution < 1.29 is 23.9 Å². The van der Waals surface area contributed by atoms with Gasteiger partial charge in [-0.25, -0.2) is 9.78 Å². The fourth-order valence-electron chi connectivity index (χ4n) is 6.69. The van der Waals surface area contributed by atoms with Gasteiger partial charge in [0.2, 0.25) is 17.6 Å². The lowest BCUT2D eigenvalue weighted by molar-refractivity contribution is -0.122. The van der Waals surface area contributed by atoms with Crippen LogP contribution in [0.2, 0.25) is 0 Å². The van der Waals surface area contributed by atoms with E-state index in [0.717, 1.165) is 29.3 Å². The Hall–Kier alpha value is -4.17. The second kappa shape index (κ2) is 12.7. The minimum Gasteiger partial charge on any atom is -0.450 e. The Balaban J connectivity index is 1.34. The maximum absolute atomic E-state index is 13.8. The van der Waals surface area contributed by atoms with Gasteiger partial charge in [-0.1, -0.05) is 78.7 Å². The van der Waals surface area contributed by atoms with E-state index in [1.54, 1.807) is 42.5 Å². The van der Waals surface area contributed by atoms with Gasteiger partial charge in [0.1, 0.15) is 0 Å². The number of aryl methyl sites for hydroxylation is 1. The van der Waals surface area contributed by atoms with Gasteiger partial charge in [-0.2, -0.15) is 0 Å². The van der Waals surface area contributed by atoms with Gasteiger partial charge in [0, 0.05) is 21.0 Å². The zero-order valence-corrected chi connectivity index (χ0v) is 27.2. The van der Waals surface area contributed by atoms with Crippen LogP contribution in [0.5, 0.6) is 0 Å². The number of fused-ring (bicyclic) bond motifs is 2. The number of hydrogen-bond acceptors (Lipinski definition) is 6. The molecule has 4 atom stereocenters. The first-order chi connectivity index (χ1) is 21.7. The summed E-state index contributed by atoms with van der Waals surface area (Å²) in [6.07, 6.45) is 2.59. The Morgan fingerprint density at radius 1 is 0.978 bits per heavy atom. The molecule has 1 saturated heterocycles. The number of imide groups is 1. The number of halogens is 1. The average molecular weight is 668 g/mol. The number of carbonyl (C=O) groups excluding carboxylic acids is 4. The van der Waals surface area contributed by atoms with E-state index in [1.807, 2.05) is 44.2 Å². The van der Waals surface area contributed by atoms with Crippen LogP contribution >= 0.6 is 15.9 Å². The number of nitrogens with zero attached hydrogens (tertiary/aromatic N) is 2. The monoisotopic (exact) mass is 666 g/mol. The van der Waals surface area contributed by atoms with Crippen molar-refractivity contribution in [1.29, 1.82) is 0 Å². The molecule has 2 amide bonds. The predicted molar refractivity (Wildman–Crippen MR) is 177 cm³/mol. The number of rotatable bonds is 8. The summed E-state index contributed by atoms with van der Waals surface area (Å²) < 4.78 is 6.72. The molecule has 8 heteroatoms. The van der Waals surface area contributed by atoms with E-state index in [9.17, 15) is 19.2 Å². The number of ether oxygens (including phenoxy) is 1. The number of amides is 2. The SMILES string of the molecule is CCCC(OC(=O)c1cc(-c2ccc(N3C(=O)C4CCC(C)CC4C3=O)cc2)nc2c(C)cc(Br)cc12)C(=O)c1ccccc1. The molecule has 2 aliphatic rings. The minimum absolute atomic E-state index is 0.119. The highest BCUT2D eigenvalue weighted by molar-refractivity contribution is 9.10. The third kappa shape index (κ3) is 5.96. The van der Waals surface area contributed by atoms with Crippen molar-refractivity contribution in [3.8, 4) is 11.3 Å². The number of pyridine rings is 1. The maximum Gasteiger partial charge on any atom is 0.339 e. The Bertz CT molecular complexity index is 1800. The van der Waals surface area contributed by atoms with Crippen molar-refractivity contribution >= 4 is 56.1 Å². The first kappa shape index (κ1) is 30.8. The Morgan fingerprint density at radius 3 is 2.40 bits per heavy atom. The second-order valence-corrected chi connectivity index (χ2v) is 13.2. The lowest BCUT2D eigenvalue weighted by atomic mass is 9.76. The van der Waals surface area contributed by atoms with Gasteiger partial charge in [0.05, 0.1) is 34.3 Å². The normalized spacial score (nSPS) is 20.3. The van der Waals surface area contributed by atoms with Gasteiger partial charge in [0.25, 0.3) is 0 Å². The topological polar surface area (TPSA) is 93.6 Å². The molecule has 1 aliphatic heterocycles. The molecule has 45 heavy (non-hydrogen) atoms. The van der Waals surface area contributed by atoms with E-state index in [0.29, 0.717) is 57.7 Å². The molecule has 1 saturated carbocycles. The van der Waals surface area contributed by atoms with E-state index >= 15 is 0 Å². The van der Waals surface area contributed by atoms with Crippen molar-refractivity contribution in [2.45, 2.75) is 59.0 Å². The van der Waals surface area contributed by atoms with E-state index in [-0.39, 0.29) is 29.4 Å². The molecule has 6 rings (SSSR count). The molecule has 230 valence electrons. The molecule has 4 aromatic rings. The maximum atomic E-state index is 13.8. The number of Topliss-reactive ketones (excluding diaryl/α,β-unsaturated/α-hetero) is 1. The van der Waals surface area contributed by atoms with Crippen LogP contribution in [0.15, 0.2) is 77.3 Å². The van der Waals surface area contributed by atoms with Crippen LogP contribution in [0.3, 0.4) is 0 Å². The first-order valence-electron chi connectivity index (χ1n) is 15.6. The molecule has 3 aromatic carbocycles. The Morgan fingerprint density at radius 2 is 1.69 bits per heavy atom. The number of anilines is 1. The van der Waals surface area contributed by atoms with E-state index in [4.69, 9.17) is 9.72 Å². The molecule has 1 aliphatic carbocycles. The van der Waals surface area contributed by atoms with Crippen molar-refractivity contribution in [1.82, 2.24) is 4.98 Å². The first-order valence-corrected chi connectivity index (χ1v) is 16.3. The number of benzene rings is 3. The number of esters is 1. The third-order valence-electron chi connectivity index (χ3n) is 9.05. The number of hydrogen-bond donors (Lipinski definition) is 0. The van der Waals surface area contributed by atoms with Crippen molar-refractivity contribution in [2.75, 3.05) is 4.90 Å². The van der Waals surface area contributed by atoms with Crippen LogP contribution in [0.25, 0.3) is 22.2 Å². The molecule has 7 nitrogen and oxygen atoms in total. The molecule has 4 unspecified atom stereocenters. The van der Waals surface area contributed by atoms with Gasteiger partial charge >= 0.3 is 5.97 Å². The second-order valence-electron chi connectivity index (χ2n) is 12.3. The van der Waals surface area contributed by atoms with Gasteiger partial charge in [-0.15, -0.1) is 0 Å². The number of ketones is 1. The fourth-order valence-corrected chi connectivity index (χ4v) is 7.26. The minimum atomic E-state index is -0.925. The summed E-state index contributed by atoms with van der Waals surface area (Å²) >= 11 is 3.54. The zero-order valence-electron chi connectivity index (χ0n) is 25.6. The average Bonchev–Trinajstić information content (AvgIpc) is 3.28. The highest BCUT2D eigenvalue weighted by Gasteiger charge is 2.50. The van der Waals surface area contributed by atoms with Crippen LogP contribution in [0, 0.1) is 24.7 Å². The van der Waals surface area contributed by atoms with Crippen LogP contribution < -0.4 is 4.90 Å².